The standard InChI is InChI=1S/C10H22N2/c1-2-10(12,8-11)9-6-4-3-5-7-9/h9H,2-8,11-12H2,1H3. The van der Waals surface area contributed by atoms with Crippen LogP contribution < -0.4 is 11.5 Å². The van der Waals surface area contributed by atoms with E-state index in [2.05, 4.69) is 6.92 Å². The van der Waals surface area contributed by atoms with Crippen molar-refractivity contribution >= 4 is 0 Å². The monoisotopic (exact) mass is 170 g/mol. The summed E-state index contributed by atoms with van der Waals surface area (Å²) < 4.78 is 0. The van der Waals surface area contributed by atoms with Gasteiger partial charge < -0.3 is 11.5 Å². The van der Waals surface area contributed by atoms with Gasteiger partial charge in [-0.25, -0.2) is 0 Å². The molecular formula is C10H22N2. The van der Waals surface area contributed by atoms with Crippen LogP contribution in [0.25, 0.3) is 0 Å². The predicted octanol–water partition coefficient (Wildman–Crippen LogP) is 1.63. The molecule has 1 unspecified atom stereocenters. The molecule has 1 atom stereocenters. The van der Waals surface area contributed by atoms with E-state index in [4.69, 9.17) is 11.5 Å². The SMILES string of the molecule is CCC(N)(CN)C1CCCCC1. The fourth-order valence-electron chi connectivity index (χ4n) is 2.28. The van der Waals surface area contributed by atoms with Gasteiger partial charge in [-0.2, -0.15) is 0 Å². The van der Waals surface area contributed by atoms with Gasteiger partial charge in [0.2, 0.25) is 0 Å². The molecule has 12 heavy (non-hydrogen) atoms. The summed E-state index contributed by atoms with van der Waals surface area (Å²) in [5, 5.41) is 0. The molecule has 0 bridgehead atoms. The number of hydrogen-bond donors (Lipinski definition) is 2. The molecular weight excluding hydrogens is 148 g/mol. The molecule has 0 spiro atoms. The van der Waals surface area contributed by atoms with E-state index in [1.165, 1.54) is 32.1 Å². The molecule has 0 aromatic rings. The minimum atomic E-state index is -0.0690. The highest BCUT2D eigenvalue weighted by Gasteiger charge is 2.32. The van der Waals surface area contributed by atoms with Gasteiger partial charge >= 0.3 is 0 Å². The van der Waals surface area contributed by atoms with Crippen molar-refractivity contribution in [1.29, 1.82) is 0 Å². The van der Waals surface area contributed by atoms with Crippen molar-refractivity contribution in [3.05, 3.63) is 0 Å². The smallest absolute Gasteiger partial charge is 0.0304 e. The van der Waals surface area contributed by atoms with Gasteiger partial charge in [-0.05, 0) is 25.2 Å². The number of rotatable bonds is 3. The van der Waals surface area contributed by atoms with Crippen molar-refractivity contribution in [3.8, 4) is 0 Å². The van der Waals surface area contributed by atoms with E-state index in [0.717, 1.165) is 6.42 Å². The maximum atomic E-state index is 6.25. The Morgan fingerprint density at radius 3 is 2.25 bits per heavy atom. The maximum Gasteiger partial charge on any atom is 0.0304 e. The van der Waals surface area contributed by atoms with Gasteiger partial charge in [-0.3, -0.25) is 0 Å². The Labute approximate surface area is 75.7 Å². The quantitative estimate of drug-likeness (QED) is 0.676. The zero-order chi connectivity index (χ0) is 9.03. The van der Waals surface area contributed by atoms with Crippen molar-refractivity contribution in [2.45, 2.75) is 51.0 Å². The third-order valence-corrected chi connectivity index (χ3v) is 3.46. The molecule has 72 valence electrons. The van der Waals surface area contributed by atoms with Crippen LogP contribution in [0.4, 0.5) is 0 Å². The summed E-state index contributed by atoms with van der Waals surface area (Å²) in [6.07, 6.45) is 7.70. The first kappa shape index (κ1) is 10.0. The van der Waals surface area contributed by atoms with Crippen LogP contribution in [0.5, 0.6) is 0 Å². The van der Waals surface area contributed by atoms with Crippen LogP contribution in [0, 0.1) is 5.92 Å². The van der Waals surface area contributed by atoms with Crippen LogP contribution in [-0.2, 0) is 0 Å². The first-order valence-corrected chi connectivity index (χ1v) is 5.22. The lowest BCUT2D eigenvalue weighted by molar-refractivity contribution is 0.205. The maximum absolute atomic E-state index is 6.25. The molecule has 0 aliphatic heterocycles. The Morgan fingerprint density at radius 2 is 1.83 bits per heavy atom. The van der Waals surface area contributed by atoms with Gasteiger partial charge in [-0.1, -0.05) is 26.2 Å². The van der Waals surface area contributed by atoms with Crippen molar-refractivity contribution in [2.75, 3.05) is 6.54 Å². The highest BCUT2D eigenvalue weighted by molar-refractivity contribution is 4.92. The highest BCUT2D eigenvalue weighted by atomic mass is 14.8. The summed E-state index contributed by atoms with van der Waals surface area (Å²) in [4.78, 5) is 0. The van der Waals surface area contributed by atoms with Gasteiger partial charge in [-0.15, -0.1) is 0 Å². The molecule has 0 aromatic heterocycles. The van der Waals surface area contributed by atoms with Crippen LogP contribution >= 0.6 is 0 Å². The topological polar surface area (TPSA) is 52.0 Å². The minimum Gasteiger partial charge on any atom is -0.329 e. The molecule has 2 heteroatoms. The van der Waals surface area contributed by atoms with Gasteiger partial charge in [0.05, 0.1) is 0 Å². The average Bonchev–Trinajstić information content (AvgIpc) is 2.18. The molecule has 2 nitrogen and oxygen atoms in total. The van der Waals surface area contributed by atoms with E-state index in [0.29, 0.717) is 12.5 Å². The number of hydrogen-bond acceptors (Lipinski definition) is 2. The van der Waals surface area contributed by atoms with E-state index < -0.39 is 0 Å². The second kappa shape index (κ2) is 4.24. The lowest BCUT2D eigenvalue weighted by atomic mass is 9.74. The molecule has 0 saturated heterocycles. The second-order valence-corrected chi connectivity index (χ2v) is 4.13. The molecule has 1 fully saturated rings. The summed E-state index contributed by atoms with van der Waals surface area (Å²) >= 11 is 0. The van der Waals surface area contributed by atoms with Crippen LogP contribution in [0.1, 0.15) is 45.4 Å². The molecule has 0 amide bonds. The van der Waals surface area contributed by atoms with Crippen molar-refractivity contribution < 1.29 is 0 Å². The molecule has 1 aliphatic rings. The Balaban J connectivity index is 2.51. The molecule has 1 aliphatic carbocycles. The van der Waals surface area contributed by atoms with Gasteiger partial charge in [0.15, 0.2) is 0 Å². The highest BCUT2D eigenvalue weighted by Crippen LogP contribution is 2.32. The lowest BCUT2D eigenvalue weighted by Gasteiger charge is -2.38. The van der Waals surface area contributed by atoms with E-state index >= 15 is 0 Å². The zero-order valence-corrected chi connectivity index (χ0v) is 8.18. The van der Waals surface area contributed by atoms with Crippen LogP contribution in [-0.4, -0.2) is 12.1 Å². The van der Waals surface area contributed by atoms with Gasteiger partial charge in [0.25, 0.3) is 0 Å². The molecule has 0 heterocycles. The van der Waals surface area contributed by atoms with E-state index in [1.54, 1.807) is 0 Å². The van der Waals surface area contributed by atoms with Crippen molar-refractivity contribution in [3.63, 3.8) is 0 Å². The fraction of sp³-hybridized carbons (Fsp3) is 1.00. The van der Waals surface area contributed by atoms with Crippen LogP contribution in [0.3, 0.4) is 0 Å². The second-order valence-electron chi connectivity index (χ2n) is 4.13. The normalized spacial score (nSPS) is 25.2. The minimum absolute atomic E-state index is 0.0690. The van der Waals surface area contributed by atoms with Gasteiger partial charge in [0.1, 0.15) is 0 Å². The van der Waals surface area contributed by atoms with Crippen molar-refractivity contribution in [2.24, 2.45) is 17.4 Å². The fourth-order valence-corrected chi connectivity index (χ4v) is 2.28. The zero-order valence-electron chi connectivity index (χ0n) is 8.18. The van der Waals surface area contributed by atoms with E-state index in [9.17, 15) is 0 Å². The largest absolute Gasteiger partial charge is 0.329 e. The molecule has 1 rings (SSSR count). The average molecular weight is 170 g/mol. The summed E-state index contributed by atoms with van der Waals surface area (Å²) in [6.45, 7) is 2.80. The summed E-state index contributed by atoms with van der Waals surface area (Å²) in [5.74, 6) is 0.682. The van der Waals surface area contributed by atoms with Gasteiger partial charge in [0, 0.05) is 12.1 Å². The first-order chi connectivity index (χ1) is 5.73. The van der Waals surface area contributed by atoms with E-state index in [1.807, 2.05) is 0 Å². The van der Waals surface area contributed by atoms with E-state index in [-0.39, 0.29) is 5.54 Å². The Kier molecular flexibility index (Phi) is 3.53. The first-order valence-electron chi connectivity index (χ1n) is 5.22. The lowest BCUT2D eigenvalue weighted by Crippen LogP contribution is -2.53. The Bertz CT molecular complexity index is 124. The third-order valence-electron chi connectivity index (χ3n) is 3.46. The third kappa shape index (κ3) is 1.99. The van der Waals surface area contributed by atoms with Crippen LogP contribution in [0.2, 0.25) is 0 Å². The summed E-state index contributed by atoms with van der Waals surface area (Å²) in [6, 6.07) is 0. The van der Waals surface area contributed by atoms with Crippen LogP contribution in [0.15, 0.2) is 0 Å². The summed E-state index contributed by atoms with van der Waals surface area (Å²) in [5.41, 5.74) is 11.9. The molecule has 0 aromatic carbocycles. The Hall–Kier alpha value is -0.0800. The number of nitrogens with two attached hydrogens (primary N) is 2. The van der Waals surface area contributed by atoms with Crippen molar-refractivity contribution in [1.82, 2.24) is 0 Å². The Morgan fingerprint density at radius 1 is 1.25 bits per heavy atom. The molecule has 0 radical (unpaired) electrons. The molecule has 1 saturated carbocycles. The predicted molar refractivity (Wildman–Crippen MR) is 52.8 cm³/mol. The molecule has 4 N–H and O–H groups in total. The summed E-state index contributed by atoms with van der Waals surface area (Å²) in [7, 11) is 0.